The number of hydrogen-bond donors (Lipinski definition) is 1. The van der Waals surface area contributed by atoms with E-state index in [0.717, 1.165) is 19.6 Å². The van der Waals surface area contributed by atoms with Crippen molar-refractivity contribution in [3.8, 4) is 0 Å². The van der Waals surface area contributed by atoms with Gasteiger partial charge in [0, 0.05) is 31.2 Å². The lowest BCUT2D eigenvalue weighted by molar-refractivity contribution is 0.0708. The van der Waals surface area contributed by atoms with E-state index in [2.05, 4.69) is 44.5 Å². The zero-order valence-electron chi connectivity index (χ0n) is 10.7. The van der Waals surface area contributed by atoms with Gasteiger partial charge >= 0.3 is 0 Å². The van der Waals surface area contributed by atoms with Crippen LogP contribution in [0, 0.1) is 5.92 Å². The minimum absolute atomic E-state index is 0.286. The number of piperazine rings is 1. The molecule has 2 unspecified atom stereocenters. The highest BCUT2D eigenvalue weighted by Gasteiger charge is 2.34. The second kappa shape index (κ2) is 5.13. The van der Waals surface area contributed by atoms with E-state index in [4.69, 9.17) is 0 Å². The molecule has 2 atom stereocenters. The van der Waals surface area contributed by atoms with E-state index in [0.29, 0.717) is 12.0 Å². The lowest BCUT2D eigenvalue weighted by Gasteiger charge is -2.47. The summed E-state index contributed by atoms with van der Waals surface area (Å²) in [6, 6.07) is 0.655. The van der Waals surface area contributed by atoms with Crippen molar-refractivity contribution in [2.45, 2.75) is 45.7 Å². The Balaban J connectivity index is 2.68. The highest BCUT2D eigenvalue weighted by molar-refractivity contribution is 4.96. The molecule has 0 spiro atoms. The van der Waals surface area contributed by atoms with Gasteiger partial charge in [0.2, 0.25) is 0 Å². The van der Waals surface area contributed by atoms with Gasteiger partial charge < -0.3 is 5.32 Å². The summed E-state index contributed by atoms with van der Waals surface area (Å²) in [7, 11) is 0. The van der Waals surface area contributed by atoms with Crippen molar-refractivity contribution in [2.75, 3.05) is 19.6 Å². The minimum atomic E-state index is 0.286. The predicted octanol–water partition coefficient (Wildman–Crippen LogP) is 2.27. The molecule has 88 valence electrons. The van der Waals surface area contributed by atoms with E-state index in [-0.39, 0.29) is 5.54 Å². The van der Waals surface area contributed by atoms with Crippen molar-refractivity contribution >= 4 is 0 Å². The van der Waals surface area contributed by atoms with Gasteiger partial charge in [-0.2, -0.15) is 0 Å². The minimum Gasteiger partial charge on any atom is -0.309 e. The monoisotopic (exact) mass is 210 g/mol. The molecule has 1 rings (SSSR count). The largest absolute Gasteiger partial charge is 0.309 e. The van der Waals surface area contributed by atoms with Crippen molar-refractivity contribution in [1.29, 1.82) is 0 Å². The molecule has 1 fully saturated rings. The van der Waals surface area contributed by atoms with Crippen LogP contribution in [-0.2, 0) is 0 Å². The van der Waals surface area contributed by atoms with Crippen LogP contribution in [0.1, 0.15) is 34.1 Å². The zero-order chi connectivity index (χ0) is 11.5. The van der Waals surface area contributed by atoms with Crippen LogP contribution >= 0.6 is 0 Å². The number of hydrogen-bond acceptors (Lipinski definition) is 2. The Bertz CT molecular complexity index is 213. The summed E-state index contributed by atoms with van der Waals surface area (Å²) < 4.78 is 0. The quantitative estimate of drug-likeness (QED) is 0.716. The van der Waals surface area contributed by atoms with Crippen molar-refractivity contribution < 1.29 is 0 Å². The summed E-state index contributed by atoms with van der Waals surface area (Å²) in [4.78, 5) is 2.57. The first kappa shape index (κ1) is 12.7. The molecule has 1 N–H and O–H groups in total. The van der Waals surface area contributed by atoms with E-state index in [1.165, 1.54) is 6.42 Å². The summed E-state index contributed by atoms with van der Waals surface area (Å²) in [5, 5.41) is 3.69. The number of nitrogens with one attached hydrogen (secondary N) is 1. The first-order chi connectivity index (χ1) is 7.02. The molecule has 0 aromatic rings. The molecule has 2 heteroatoms. The SMILES string of the molecule is C=CCN1CC(C)(CC)NCC1C(C)C. The van der Waals surface area contributed by atoms with Crippen LogP contribution in [-0.4, -0.2) is 36.1 Å². The van der Waals surface area contributed by atoms with Crippen LogP contribution in [0.5, 0.6) is 0 Å². The van der Waals surface area contributed by atoms with E-state index >= 15 is 0 Å². The van der Waals surface area contributed by atoms with Crippen LogP contribution in [0.2, 0.25) is 0 Å². The maximum atomic E-state index is 3.86. The molecule has 0 aliphatic carbocycles. The maximum Gasteiger partial charge on any atom is 0.0278 e. The van der Waals surface area contributed by atoms with Gasteiger partial charge in [-0.25, -0.2) is 0 Å². The summed E-state index contributed by atoms with van der Waals surface area (Å²) in [5.74, 6) is 0.707. The van der Waals surface area contributed by atoms with Crippen molar-refractivity contribution in [3.05, 3.63) is 12.7 Å². The molecule has 1 aliphatic heterocycles. The highest BCUT2D eigenvalue weighted by Crippen LogP contribution is 2.22. The summed E-state index contributed by atoms with van der Waals surface area (Å²) in [5.41, 5.74) is 0.286. The van der Waals surface area contributed by atoms with Gasteiger partial charge in [0.15, 0.2) is 0 Å². The smallest absolute Gasteiger partial charge is 0.0278 e. The van der Waals surface area contributed by atoms with E-state index in [1.54, 1.807) is 0 Å². The van der Waals surface area contributed by atoms with Gasteiger partial charge in [0.25, 0.3) is 0 Å². The van der Waals surface area contributed by atoms with E-state index < -0.39 is 0 Å². The van der Waals surface area contributed by atoms with E-state index in [1.807, 2.05) is 6.08 Å². The van der Waals surface area contributed by atoms with Gasteiger partial charge in [-0.1, -0.05) is 26.8 Å². The van der Waals surface area contributed by atoms with Crippen molar-refractivity contribution in [2.24, 2.45) is 5.92 Å². The fraction of sp³-hybridized carbons (Fsp3) is 0.846. The van der Waals surface area contributed by atoms with Crippen molar-refractivity contribution in [1.82, 2.24) is 10.2 Å². The first-order valence-corrected chi connectivity index (χ1v) is 6.12. The molecular formula is C13H26N2. The van der Waals surface area contributed by atoms with Gasteiger partial charge in [0.1, 0.15) is 0 Å². The lowest BCUT2D eigenvalue weighted by atomic mass is 9.90. The summed E-state index contributed by atoms with van der Waals surface area (Å²) in [6.07, 6.45) is 3.21. The Morgan fingerprint density at radius 2 is 2.27 bits per heavy atom. The van der Waals surface area contributed by atoms with Gasteiger partial charge in [-0.15, -0.1) is 6.58 Å². The lowest BCUT2D eigenvalue weighted by Crippen LogP contribution is -2.63. The van der Waals surface area contributed by atoms with Crippen molar-refractivity contribution in [3.63, 3.8) is 0 Å². The van der Waals surface area contributed by atoms with Crippen LogP contribution in [0.3, 0.4) is 0 Å². The van der Waals surface area contributed by atoms with E-state index in [9.17, 15) is 0 Å². The second-order valence-corrected chi connectivity index (χ2v) is 5.32. The Morgan fingerprint density at radius 1 is 1.60 bits per heavy atom. The predicted molar refractivity (Wildman–Crippen MR) is 67.1 cm³/mol. The van der Waals surface area contributed by atoms with Gasteiger partial charge in [-0.05, 0) is 19.3 Å². The maximum absolute atomic E-state index is 3.86. The molecule has 0 aromatic carbocycles. The molecular weight excluding hydrogens is 184 g/mol. The van der Waals surface area contributed by atoms with Gasteiger partial charge in [-0.3, -0.25) is 4.90 Å². The highest BCUT2D eigenvalue weighted by atomic mass is 15.2. The Hall–Kier alpha value is -0.340. The average Bonchev–Trinajstić information content (AvgIpc) is 2.18. The second-order valence-electron chi connectivity index (χ2n) is 5.32. The fourth-order valence-electron chi connectivity index (χ4n) is 2.36. The van der Waals surface area contributed by atoms with Crippen LogP contribution in [0.15, 0.2) is 12.7 Å². The summed E-state index contributed by atoms with van der Waals surface area (Å²) >= 11 is 0. The molecule has 15 heavy (non-hydrogen) atoms. The molecule has 0 radical (unpaired) electrons. The standard InChI is InChI=1S/C13H26N2/c1-6-8-15-10-13(5,7-2)14-9-12(15)11(3)4/h6,11-12,14H,1,7-10H2,2-5H3. The third-order valence-corrected chi connectivity index (χ3v) is 3.67. The molecule has 1 heterocycles. The molecule has 0 bridgehead atoms. The Kier molecular flexibility index (Phi) is 4.35. The van der Waals surface area contributed by atoms with Gasteiger partial charge in [0.05, 0.1) is 0 Å². The molecule has 2 nitrogen and oxygen atoms in total. The normalized spacial score (nSPS) is 33.3. The third kappa shape index (κ3) is 3.05. The molecule has 0 aromatic heterocycles. The first-order valence-electron chi connectivity index (χ1n) is 6.12. The molecule has 1 saturated heterocycles. The Morgan fingerprint density at radius 3 is 2.73 bits per heavy atom. The molecule has 0 amide bonds. The average molecular weight is 210 g/mol. The summed E-state index contributed by atoms with van der Waals surface area (Å²) in [6.45, 7) is 16.3. The molecule has 0 saturated carbocycles. The van der Waals surface area contributed by atoms with Crippen LogP contribution in [0.4, 0.5) is 0 Å². The number of nitrogens with zero attached hydrogens (tertiary/aromatic N) is 1. The topological polar surface area (TPSA) is 15.3 Å². The third-order valence-electron chi connectivity index (χ3n) is 3.67. The molecule has 1 aliphatic rings. The van der Waals surface area contributed by atoms with Crippen LogP contribution in [0.25, 0.3) is 0 Å². The fourth-order valence-corrected chi connectivity index (χ4v) is 2.36. The Labute approximate surface area is 94.7 Å². The number of rotatable bonds is 4. The van der Waals surface area contributed by atoms with Crippen LogP contribution < -0.4 is 5.32 Å². The zero-order valence-corrected chi connectivity index (χ0v) is 10.7.